The number of anilines is 2. The minimum absolute atomic E-state index is 0.0159. The molecule has 0 unspecified atom stereocenters. The lowest BCUT2D eigenvalue weighted by Gasteiger charge is -2.44. The number of rotatable bonds is 3. The van der Waals surface area contributed by atoms with E-state index in [9.17, 15) is 0 Å². The lowest BCUT2D eigenvalue weighted by Crippen LogP contribution is -2.59. The molecule has 136 valence electrons. The monoisotopic (exact) mass is 352 g/mol. The molecule has 1 saturated heterocycles. The van der Waals surface area contributed by atoms with Gasteiger partial charge in [0.25, 0.3) is 0 Å². The second-order valence-electron chi connectivity index (χ2n) is 7.91. The molecule has 1 aliphatic heterocycles. The Balaban J connectivity index is 1.44. The molecule has 0 spiro atoms. The summed E-state index contributed by atoms with van der Waals surface area (Å²) in [6.07, 6.45) is 0. The molecule has 1 aliphatic rings. The van der Waals surface area contributed by atoms with Gasteiger partial charge in [0.2, 0.25) is 0 Å². The van der Waals surface area contributed by atoms with E-state index in [1.807, 2.05) is 19.1 Å². The van der Waals surface area contributed by atoms with Crippen molar-refractivity contribution >= 4 is 17.3 Å². The first kappa shape index (κ1) is 16.7. The third-order valence-electron chi connectivity index (χ3n) is 4.92. The van der Waals surface area contributed by atoms with Crippen molar-refractivity contribution in [2.75, 3.05) is 29.9 Å². The summed E-state index contributed by atoms with van der Waals surface area (Å²) in [7, 11) is 2.07. The predicted molar refractivity (Wildman–Crippen MR) is 101 cm³/mol. The van der Waals surface area contributed by atoms with Crippen LogP contribution in [0.1, 0.15) is 32.3 Å². The number of aromatic nitrogens is 6. The van der Waals surface area contributed by atoms with Crippen LogP contribution in [-0.2, 0) is 5.41 Å². The summed E-state index contributed by atoms with van der Waals surface area (Å²) in [4.78, 5) is 4.44. The predicted octanol–water partition coefficient (Wildman–Crippen LogP) is 1.85. The van der Waals surface area contributed by atoms with Gasteiger partial charge in [-0.2, -0.15) is 9.61 Å². The van der Waals surface area contributed by atoms with Crippen LogP contribution in [0.4, 0.5) is 11.6 Å². The van der Waals surface area contributed by atoms with Gasteiger partial charge in [0, 0.05) is 25.6 Å². The molecule has 8 nitrogen and oxygen atoms in total. The molecule has 1 fully saturated rings. The third kappa shape index (κ3) is 2.85. The van der Waals surface area contributed by atoms with Crippen molar-refractivity contribution in [3.8, 4) is 0 Å². The highest BCUT2D eigenvalue weighted by Crippen LogP contribution is 2.25. The molecule has 0 saturated carbocycles. The molecule has 0 aromatic carbocycles. The molecule has 0 aliphatic carbocycles. The number of aryl methyl sites for hydroxylation is 1. The van der Waals surface area contributed by atoms with E-state index in [1.165, 1.54) is 0 Å². The van der Waals surface area contributed by atoms with Crippen molar-refractivity contribution in [2.24, 2.45) is 0 Å². The fourth-order valence-corrected chi connectivity index (χ4v) is 3.04. The topological polar surface area (TPSA) is 75.3 Å². The minimum atomic E-state index is 0.0159. The Hall–Kier alpha value is -2.77. The zero-order valence-electron chi connectivity index (χ0n) is 15.9. The molecule has 3 aromatic heterocycles. The first-order chi connectivity index (χ1) is 12.3. The molecular formula is C18H24N8. The van der Waals surface area contributed by atoms with Crippen LogP contribution in [0.2, 0.25) is 0 Å². The Bertz CT molecular complexity index is 919. The van der Waals surface area contributed by atoms with Crippen LogP contribution in [0.15, 0.2) is 24.3 Å². The van der Waals surface area contributed by atoms with E-state index >= 15 is 0 Å². The second kappa shape index (κ2) is 5.89. The summed E-state index contributed by atoms with van der Waals surface area (Å²) in [5.41, 5.74) is 1.79. The largest absolute Gasteiger partial charge is 0.352 e. The van der Waals surface area contributed by atoms with Gasteiger partial charge in [-0.3, -0.25) is 0 Å². The average molecular weight is 352 g/mol. The molecule has 0 radical (unpaired) electrons. The number of hydrogen-bond acceptors (Lipinski definition) is 7. The highest BCUT2D eigenvalue weighted by Gasteiger charge is 2.32. The summed E-state index contributed by atoms with van der Waals surface area (Å²) in [5.74, 6) is 2.64. The standard InChI is InChI=1S/C18H24N8/c1-12-19-22-16-8-9-17(23-26(12)16)25-10-13(11-25)24(5)15-7-6-14(20-21-15)18(2,3)4/h6-9,13H,10-11H2,1-5H3. The Morgan fingerprint density at radius 1 is 1.00 bits per heavy atom. The minimum Gasteiger partial charge on any atom is -0.352 e. The number of fused-ring (bicyclic) bond motifs is 1. The van der Waals surface area contributed by atoms with Gasteiger partial charge in [-0.15, -0.1) is 20.4 Å². The molecule has 0 N–H and O–H groups in total. The van der Waals surface area contributed by atoms with Crippen LogP contribution < -0.4 is 9.80 Å². The average Bonchev–Trinajstić information content (AvgIpc) is 2.94. The van der Waals surface area contributed by atoms with E-state index in [4.69, 9.17) is 0 Å². The van der Waals surface area contributed by atoms with Gasteiger partial charge in [-0.25, -0.2) is 0 Å². The summed E-state index contributed by atoms with van der Waals surface area (Å²) in [6.45, 7) is 10.1. The normalized spacial score (nSPS) is 15.3. The Labute approximate surface area is 152 Å². The summed E-state index contributed by atoms with van der Waals surface area (Å²) in [6, 6.07) is 8.47. The van der Waals surface area contributed by atoms with Gasteiger partial charge in [-0.1, -0.05) is 20.8 Å². The quantitative estimate of drug-likeness (QED) is 0.712. The maximum atomic E-state index is 4.63. The molecule has 3 aromatic rings. The number of likely N-dealkylation sites (N-methyl/N-ethyl adjacent to an activating group) is 1. The van der Waals surface area contributed by atoms with Crippen molar-refractivity contribution in [3.63, 3.8) is 0 Å². The van der Waals surface area contributed by atoms with E-state index in [-0.39, 0.29) is 5.41 Å². The smallest absolute Gasteiger partial charge is 0.178 e. The maximum absolute atomic E-state index is 4.63. The molecule has 4 heterocycles. The van der Waals surface area contributed by atoms with E-state index < -0.39 is 0 Å². The van der Waals surface area contributed by atoms with Gasteiger partial charge in [0.1, 0.15) is 5.82 Å². The van der Waals surface area contributed by atoms with Crippen LogP contribution in [0.25, 0.3) is 5.65 Å². The van der Waals surface area contributed by atoms with Crippen molar-refractivity contribution in [1.82, 2.24) is 30.0 Å². The fourth-order valence-electron chi connectivity index (χ4n) is 3.04. The zero-order chi connectivity index (χ0) is 18.5. The maximum Gasteiger partial charge on any atom is 0.178 e. The lowest BCUT2D eigenvalue weighted by molar-refractivity contribution is 0.484. The first-order valence-corrected chi connectivity index (χ1v) is 8.84. The number of hydrogen-bond donors (Lipinski definition) is 0. The summed E-state index contributed by atoms with van der Waals surface area (Å²) >= 11 is 0. The lowest BCUT2D eigenvalue weighted by atomic mass is 9.92. The van der Waals surface area contributed by atoms with E-state index in [0.29, 0.717) is 6.04 Å². The molecule has 0 bridgehead atoms. The molecule has 8 heteroatoms. The second-order valence-corrected chi connectivity index (χ2v) is 7.91. The molecule has 26 heavy (non-hydrogen) atoms. The van der Waals surface area contributed by atoms with Gasteiger partial charge in [-0.05, 0) is 31.2 Å². The zero-order valence-corrected chi connectivity index (χ0v) is 15.9. The van der Waals surface area contributed by atoms with Gasteiger partial charge in [0.05, 0.1) is 11.7 Å². The van der Waals surface area contributed by atoms with Crippen molar-refractivity contribution < 1.29 is 0 Å². The van der Waals surface area contributed by atoms with E-state index in [2.05, 4.69) is 75.2 Å². The van der Waals surface area contributed by atoms with Gasteiger partial charge < -0.3 is 9.80 Å². The first-order valence-electron chi connectivity index (χ1n) is 8.84. The molecule has 0 amide bonds. The van der Waals surface area contributed by atoms with Crippen LogP contribution in [-0.4, -0.2) is 56.2 Å². The van der Waals surface area contributed by atoms with Crippen LogP contribution in [0.5, 0.6) is 0 Å². The van der Waals surface area contributed by atoms with E-state index in [1.54, 1.807) is 4.52 Å². The van der Waals surface area contributed by atoms with Crippen molar-refractivity contribution in [2.45, 2.75) is 39.2 Å². The van der Waals surface area contributed by atoms with Crippen molar-refractivity contribution in [1.29, 1.82) is 0 Å². The Morgan fingerprint density at radius 2 is 1.77 bits per heavy atom. The molecule has 0 atom stereocenters. The molecular weight excluding hydrogens is 328 g/mol. The van der Waals surface area contributed by atoms with Crippen molar-refractivity contribution in [3.05, 3.63) is 35.8 Å². The SMILES string of the molecule is Cc1nnc2ccc(N3CC(N(C)c4ccc(C(C)(C)C)nn4)C3)nn12. The summed E-state index contributed by atoms with van der Waals surface area (Å²) in [5, 5.41) is 21.6. The third-order valence-corrected chi connectivity index (χ3v) is 4.92. The van der Waals surface area contributed by atoms with Gasteiger partial charge in [0.15, 0.2) is 17.3 Å². The summed E-state index contributed by atoms with van der Waals surface area (Å²) < 4.78 is 1.78. The Morgan fingerprint density at radius 3 is 2.42 bits per heavy atom. The van der Waals surface area contributed by atoms with Crippen LogP contribution >= 0.6 is 0 Å². The number of nitrogens with zero attached hydrogens (tertiary/aromatic N) is 8. The van der Waals surface area contributed by atoms with E-state index in [0.717, 1.165) is 41.9 Å². The van der Waals surface area contributed by atoms with Crippen LogP contribution in [0, 0.1) is 6.92 Å². The fraction of sp³-hybridized carbons (Fsp3) is 0.500. The van der Waals surface area contributed by atoms with Crippen LogP contribution in [0.3, 0.4) is 0 Å². The van der Waals surface area contributed by atoms with Gasteiger partial charge >= 0.3 is 0 Å². The highest BCUT2D eigenvalue weighted by molar-refractivity contribution is 5.50. The highest BCUT2D eigenvalue weighted by atomic mass is 15.4. The Kier molecular flexibility index (Phi) is 3.78. The molecule has 4 rings (SSSR count).